The van der Waals surface area contributed by atoms with Crippen LogP contribution in [0.4, 0.5) is 0 Å². The summed E-state index contributed by atoms with van der Waals surface area (Å²) in [7, 11) is 0. The van der Waals surface area contributed by atoms with Gasteiger partial charge in [0.1, 0.15) is 0 Å². The van der Waals surface area contributed by atoms with Gasteiger partial charge in [-0.2, -0.15) is 0 Å². The van der Waals surface area contributed by atoms with Gasteiger partial charge in [0.25, 0.3) is 0 Å². The van der Waals surface area contributed by atoms with Crippen molar-refractivity contribution in [2.45, 2.75) is 64.4 Å². The number of ether oxygens (including phenoxy) is 1. The van der Waals surface area contributed by atoms with Crippen molar-refractivity contribution in [1.82, 2.24) is 0 Å². The molecule has 142 valence electrons. The van der Waals surface area contributed by atoms with Crippen LogP contribution in [0.1, 0.15) is 69.4 Å². The van der Waals surface area contributed by atoms with E-state index in [1.807, 2.05) is 13.0 Å². The molecule has 1 aromatic carbocycles. The topological polar surface area (TPSA) is 82.3 Å². The summed E-state index contributed by atoms with van der Waals surface area (Å²) < 4.78 is 5.62. The van der Waals surface area contributed by atoms with Gasteiger partial charge < -0.3 is 20.2 Å². The molecule has 0 saturated heterocycles. The molecule has 3 aliphatic rings. The zero-order valence-corrected chi connectivity index (χ0v) is 15.6. The summed E-state index contributed by atoms with van der Waals surface area (Å²) in [4.78, 5) is 0. The number of fused-ring (bicyclic) bond motifs is 5. The van der Waals surface area contributed by atoms with E-state index in [9.17, 15) is 15.4 Å². The highest BCUT2D eigenvalue weighted by Crippen LogP contribution is 2.60. The van der Waals surface area contributed by atoms with E-state index in [1.54, 1.807) is 6.07 Å². The Morgan fingerprint density at radius 3 is 2.77 bits per heavy atom. The zero-order chi connectivity index (χ0) is 18.5. The molecule has 0 aromatic heterocycles. The molecule has 26 heavy (non-hydrogen) atoms. The third-order valence-corrected chi connectivity index (χ3v) is 7.36. The van der Waals surface area contributed by atoms with Crippen molar-refractivity contribution in [2.75, 3.05) is 6.61 Å². The number of aromatic hydroxyl groups is 1. The minimum absolute atomic E-state index is 0.00184. The molecule has 4 rings (SSSR count). The lowest BCUT2D eigenvalue weighted by atomic mass is 9.58. The second kappa shape index (κ2) is 6.45. The molecule has 2 fully saturated rings. The van der Waals surface area contributed by atoms with E-state index in [0.717, 1.165) is 43.2 Å². The van der Waals surface area contributed by atoms with Crippen LogP contribution in [0, 0.1) is 17.3 Å². The first-order valence-electron chi connectivity index (χ1n) is 9.88. The molecule has 0 bridgehead atoms. The Bertz CT molecular complexity index is 731. The predicted octanol–water partition coefficient (Wildman–Crippen LogP) is 4.03. The first-order valence-corrected chi connectivity index (χ1v) is 9.88. The molecule has 0 heterocycles. The fourth-order valence-corrected chi connectivity index (χ4v) is 6.00. The molecule has 5 atom stereocenters. The van der Waals surface area contributed by atoms with E-state index in [0.29, 0.717) is 42.2 Å². The number of hydrogen-bond acceptors (Lipinski definition) is 5. The number of hydrogen-bond donors (Lipinski definition) is 3. The van der Waals surface area contributed by atoms with E-state index < -0.39 is 0 Å². The fourth-order valence-electron chi connectivity index (χ4n) is 6.00. The molecule has 3 N–H and O–H groups in total. The van der Waals surface area contributed by atoms with E-state index >= 15 is 0 Å². The highest BCUT2D eigenvalue weighted by atomic mass is 16.5. The number of aliphatic hydroxyl groups excluding tert-OH is 1. The Balaban J connectivity index is 1.81. The van der Waals surface area contributed by atoms with Gasteiger partial charge in [-0.1, -0.05) is 12.1 Å². The molecule has 5 nitrogen and oxygen atoms in total. The van der Waals surface area contributed by atoms with Gasteiger partial charge in [0.15, 0.2) is 11.5 Å². The number of oxime groups is 1. The lowest BCUT2D eigenvalue weighted by molar-refractivity contribution is -0.0197. The molecular formula is C21H29NO4. The molecule has 2 saturated carbocycles. The number of rotatable bonds is 2. The Morgan fingerprint density at radius 2 is 2.04 bits per heavy atom. The maximum atomic E-state index is 10.6. The van der Waals surface area contributed by atoms with Gasteiger partial charge in [-0.3, -0.25) is 0 Å². The van der Waals surface area contributed by atoms with Gasteiger partial charge in [-0.05, 0) is 86.3 Å². The van der Waals surface area contributed by atoms with Gasteiger partial charge in [0, 0.05) is 5.56 Å². The lowest BCUT2D eigenvalue weighted by Crippen LogP contribution is -2.42. The number of phenols is 1. The maximum Gasteiger partial charge on any atom is 0.161 e. The van der Waals surface area contributed by atoms with Gasteiger partial charge in [0.05, 0.1) is 18.4 Å². The average Bonchev–Trinajstić information content (AvgIpc) is 2.84. The summed E-state index contributed by atoms with van der Waals surface area (Å²) in [6.07, 6.45) is 5.42. The molecule has 0 aliphatic heterocycles. The Morgan fingerprint density at radius 1 is 1.23 bits per heavy atom. The van der Waals surface area contributed by atoms with E-state index in [4.69, 9.17) is 4.74 Å². The molecule has 1 aromatic rings. The summed E-state index contributed by atoms with van der Waals surface area (Å²) >= 11 is 0. The van der Waals surface area contributed by atoms with Crippen LogP contribution < -0.4 is 4.74 Å². The van der Waals surface area contributed by atoms with Crippen molar-refractivity contribution in [3.8, 4) is 11.5 Å². The van der Waals surface area contributed by atoms with E-state index in [1.165, 1.54) is 0 Å². The fraction of sp³-hybridized carbons (Fsp3) is 0.667. The first-order chi connectivity index (χ1) is 12.5. The maximum absolute atomic E-state index is 10.6. The number of phenolic OH excluding ortho intramolecular Hbond substituents is 1. The smallest absolute Gasteiger partial charge is 0.161 e. The monoisotopic (exact) mass is 359 g/mol. The standard InChI is InChI=1S/C21H29NO4/c1-3-26-19-11-14-12-8-9-21(2)16(5-7-20(21)24)13(12)4-6-17(22-25)15(14)10-18(19)23/h10-13,16,20,23-25H,3-9H2,1-2H3/b22-17+/t12?,13?,16?,20-,21-/m0/s1. The van der Waals surface area contributed by atoms with Gasteiger partial charge >= 0.3 is 0 Å². The first kappa shape index (κ1) is 17.7. The lowest BCUT2D eigenvalue weighted by Gasteiger charge is -2.47. The van der Waals surface area contributed by atoms with Crippen LogP contribution >= 0.6 is 0 Å². The third kappa shape index (κ3) is 2.51. The average molecular weight is 359 g/mol. The van der Waals surface area contributed by atoms with E-state index in [-0.39, 0.29) is 17.3 Å². The van der Waals surface area contributed by atoms with Crippen LogP contribution in [0.2, 0.25) is 0 Å². The summed E-state index contributed by atoms with van der Waals surface area (Å²) in [5.41, 5.74) is 2.63. The van der Waals surface area contributed by atoms with Gasteiger partial charge in [0.2, 0.25) is 0 Å². The normalized spacial score (nSPS) is 37.6. The Kier molecular flexibility index (Phi) is 4.38. The number of benzene rings is 1. The van der Waals surface area contributed by atoms with E-state index in [2.05, 4.69) is 12.1 Å². The van der Waals surface area contributed by atoms with Crippen LogP contribution in [0.15, 0.2) is 17.3 Å². The minimum atomic E-state index is -0.207. The molecule has 5 heteroatoms. The molecule has 0 spiro atoms. The summed E-state index contributed by atoms with van der Waals surface area (Å²) in [6.45, 7) is 4.65. The highest BCUT2D eigenvalue weighted by molar-refractivity contribution is 6.02. The summed E-state index contributed by atoms with van der Waals surface area (Å²) in [6, 6.07) is 3.66. The van der Waals surface area contributed by atoms with Crippen molar-refractivity contribution in [3.63, 3.8) is 0 Å². The Labute approximate surface area is 154 Å². The minimum Gasteiger partial charge on any atom is -0.504 e. The summed E-state index contributed by atoms with van der Waals surface area (Å²) in [5, 5.41) is 34.0. The van der Waals surface area contributed by atoms with Crippen LogP contribution in [0.5, 0.6) is 11.5 Å². The van der Waals surface area contributed by atoms with Crippen molar-refractivity contribution in [1.29, 1.82) is 0 Å². The SMILES string of the molecule is CCOc1cc2c(cc1O)/C(=N/O)CCC1C2CC[C@@]2(C)C1CC[C@@H]2O. The van der Waals surface area contributed by atoms with Gasteiger partial charge in [-0.25, -0.2) is 0 Å². The van der Waals surface area contributed by atoms with Crippen molar-refractivity contribution in [2.24, 2.45) is 22.4 Å². The second-order valence-electron chi connectivity index (χ2n) is 8.44. The van der Waals surface area contributed by atoms with Crippen LogP contribution in [0.25, 0.3) is 0 Å². The summed E-state index contributed by atoms with van der Waals surface area (Å²) in [5.74, 6) is 1.91. The molecule has 0 radical (unpaired) electrons. The Hall–Kier alpha value is -1.75. The molecule has 0 amide bonds. The quantitative estimate of drug-likeness (QED) is 0.550. The van der Waals surface area contributed by atoms with Crippen LogP contribution in [0.3, 0.4) is 0 Å². The van der Waals surface area contributed by atoms with Crippen LogP contribution in [-0.2, 0) is 0 Å². The molecule has 3 aliphatic carbocycles. The van der Waals surface area contributed by atoms with Crippen molar-refractivity contribution >= 4 is 5.71 Å². The van der Waals surface area contributed by atoms with Gasteiger partial charge in [-0.15, -0.1) is 0 Å². The molecule has 3 unspecified atom stereocenters. The largest absolute Gasteiger partial charge is 0.504 e. The number of aliphatic hydroxyl groups is 1. The highest BCUT2D eigenvalue weighted by Gasteiger charge is 2.54. The van der Waals surface area contributed by atoms with Crippen LogP contribution in [-0.4, -0.2) is 33.8 Å². The number of nitrogens with zero attached hydrogens (tertiary/aromatic N) is 1. The van der Waals surface area contributed by atoms with Crippen molar-refractivity contribution in [3.05, 3.63) is 23.3 Å². The second-order valence-corrected chi connectivity index (χ2v) is 8.44. The zero-order valence-electron chi connectivity index (χ0n) is 15.6. The predicted molar refractivity (Wildman–Crippen MR) is 99.1 cm³/mol. The van der Waals surface area contributed by atoms with Crippen molar-refractivity contribution < 1.29 is 20.2 Å². The third-order valence-electron chi connectivity index (χ3n) is 7.36. The molecular weight excluding hydrogens is 330 g/mol.